The van der Waals surface area contributed by atoms with Gasteiger partial charge in [-0.25, -0.2) is 14.4 Å². The molecule has 2 unspecified atom stereocenters. The van der Waals surface area contributed by atoms with Gasteiger partial charge in [-0.15, -0.1) is 0 Å². The summed E-state index contributed by atoms with van der Waals surface area (Å²) in [6, 6.07) is 22.1. The van der Waals surface area contributed by atoms with Gasteiger partial charge in [-0.2, -0.15) is 0 Å². The summed E-state index contributed by atoms with van der Waals surface area (Å²) in [5.41, 5.74) is 2.16. The van der Waals surface area contributed by atoms with Crippen molar-refractivity contribution in [3.05, 3.63) is 102 Å². The summed E-state index contributed by atoms with van der Waals surface area (Å²) in [7, 11) is 0. The summed E-state index contributed by atoms with van der Waals surface area (Å²) in [6.45, 7) is 22.6. The minimum Gasteiger partial charge on any atom is -0.491 e. The van der Waals surface area contributed by atoms with E-state index in [4.69, 9.17) is 43.7 Å². The van der Waals surface area contributed by atoms with Crippen LogP contribution in [0.25, 0.3) is 0 Å². The van der Waals surface area contributed by atoms with Crippen LogP contribution >= 0.6 is 0 Å². The molecule has 3 aromatic carbocycles. The standard InChI is InChI=1S/2C18H31NO4.C9H8O4.C4H4O4/c2*1-14(2)19-11-17(20)13-23-18-7-5-16(6-8-18)12-21-9-10-22-15(3)4;1-6(10)13-8-5-3-2-4-7(8)9(11)12;5-3(6)1-2-4(7)8/h2*5-8,14-15,17,19-20H,9-13H2,1-4H3;2-5H,1H3,(H,11,12);1-2H,(H,5,6)(H,7,8)/b;;;2-1+. The molecule has 0 heterocycles. The fourth-order valence-corrected chi connectivity index (χ4v) is 4.71. The predicted octanol–water partition coefficient (Wildman–Crippen LogP) is 5.75. The molecule has 0 amide bonds. The number of benzene rings is 3. The number of hydrogen-bond acceptors (Lipinski definition) is 15. The molecule has 0 aliphatic rings. The van der Waals surface area contributed by atoms with Crippen molar-refractivity contribution >= 4 is 23.9 Å². The number of rotatable bonds is 28. The number of ether oxygens (including phenoxy) is 7. The first-order valence-electron chi connectivity index (χ1n) is 22.0. The van der Waals surface area contributed by atoms with Gasteiger partial charge in [0.2, 0.25) is 0 Å². The van der Waals surface area contributed by atoms with Gasteiger partial charge in [-0.05, 0) is 75.2 Å². The van der Waals surface area contributed by atoms with Gasteiger partial charge >= 0.3 is 23.9 Å². The molecule has 376 valence electrons. The van der Waals surface area contributed by atoms with Crippen molar-refractivity contribution in [3.8, 4) is 17.2 Å². The van der Waals surface area contributed by atoms with Gasteiger partial charge in [0, 0.05) is 44.2 Å². The average molecular weight is 947 g/mol. The van der Waals surface area contributed by atoms with Crippen LogP contribution in [0.4, 0.5) is 0 Å². The lowest BCUT2D eigenvalue weighted by atomic mass is 10.2. The minimum absolute atomic E-state index is 0.0160. The molecule has 0 bridgehead atoms. The normalized spacial score (nSPS) is 11.7. The number of nitrogens with one attached hydrogen (secondary N) is 2. The number of carbonyl (C=O) groups is 4. The van der Waals surface area contributed by atoms with E-state index in [0.29, 0.717) is 77.0 Å². The van der Waals surface area contributed by atoms with Gasteiger partial charge in [0.05, 0.1) is 51.8 Å². The number of aromatic carboxylic acids is 1. The second kappa shape index (κ2) is 37.6. The van der Waals surface area contributed by atoms with Crippen LogP contribution in [0.5, 0.6) is 17.2 Å². The number of aliphatic carboxylic acids is 2. The smallest absolute Gasteiger partial charge is 0.339 e. The first-order valence-corrected chi connectivity index (χ1v) is 22.0. The van der Waals surface area contributed by atoms with E-state index in [0.717, 1.165) is 22.6 Å². The molecular formula is C49H74N2O16. The molecule has 0 aliphatic carbocycles. The first kappa shape index (κ1) is 61.6. The fourth-order valence-electron chi connectivity index (χ4n) is 4.71. The van der Waals surface area contributed by atoms with E-state index in [1.165, 1.54) is 19.1 Å². The van der Waals surface area contributed by atoms with Crippen LogP contribution in [0.2, 0.25) is 0 Å². The maximum Gasteiger partial charge on any atom is 0.339 e. The van der Waals surface area contributed by atoms with Crippen molar-refractivity contribution in [2.45, 2.75) is 112 Å². The Bertz CT molecular complexity index is 1710. The number of aliphatic hydroxyl groups is 2. The maximum atomic E-state index is 10.6. The Balaban J connectivity index is 0.000000927. The zero-order valence-electron chi connectivity index (χ0n) is 40.3. The lowest BCUT2D eigenvalue weighted by molar-refractivity contribution is -0.134. The zero-order chi connectivity index (χ0) is 50.6. The molecule has 0 saturated heterocycles. The summed E-state index contributed by atoms with van der Waals surface area (Å²) in [5, 5.41) is 50.3. The van der Waals surface area contributed by atoms with Gasteiger partial charge in [-0.1, -0.05) is 64.1 Å². The Morgan fingerprint density at radius 3 is 1.28 bits per heavy atom. The van der Waals surface area contributed by atoms with Crippen molar-refractivity contribution in [2.24, 2.45) is 0 Å². The highest BCUT2D eigenvalue weighted by Crippen LogP contribution is 2.18. The number of hydrogen-bond donors (Lipinski definition) is 7. The third-order valence-electron chi connectivity index (χ3n) is 7.89. The number of esters is 1. The number of aliphatic hydroxyl groups excluding tert-OH is 2. The molecule has 18 nitrogen and oxygen atoms in total. The van der Waals surface area contributed by atoms with Gasteiger partial charge in [0.25, 0.3) is 0 Å². The number of carbonyl (C=O) groups excluding carboxylic acids is 1. The van der Waals surface area contributed by atoms with E-state index in [-0.39, 0.29) is 36.7 Å². The molecule has 18 heteroatoms. The minimum atomic E-state index is -1.26. The number of carboxylic acid groups (broad SMARTS) is 3. The second-order valence-corrected chi connectivity index (χ2v) is 15.7. The molecule has 0 fully saturated rings. The van der Waals surface area contributed by atoms with Crippen molar-refractivity contribution < 1.29 is 77.9 Å². The Labute approximate surface area is 395 Å². The van der Waals surface area contributed by atoms with Crippen molar-refractivity contribution in [1.29, 1.82) is 0 Å². The zero-order valence-corrected chi connectivity index (χ0v) is 40.3. The van der Waals surface area contributed by atoms with Gasteiger partial charge < -0.3 is 69.3 Å². The van der Waals surface area contributed by atoms with Crippen LogP contribution in [-0.4, -0.2) is 139 Å². The Hall–Kier alpha value is -5.44. The van der Waals surface area contributed by atoms with Crippen molar-refractivity contribution in [2.75, 3.05) is 52.7 Å². The van der Waals surface area contributed by atoms with E-state index >= 15 is 0 Å². The highest BCUT2D eigenvalue weighted by molar-refractivity contribution is 5.91. The summed E-state index contributed by atoms with van der Waals surface area (Å²) in [4.78, 5) is 40.3. The van der Waals surface area contributed by atoms with E-state index in [1.54, 1.807) is 12.1 Å². The maximum absolute atomic E-state index is 10.6. The molecule has 0 spiro atoms. The van der Waals surface area contributed by atoms with Crippen LogP contribution in [0, 0.1) is 0 Å². The molecule has 7 N–H and O–H groups in total. The molecule has 2 atom stereocenters. The van der Waals surface area contributed by atoms with Crippen molar-refractivity contribution in [1.82, 2.24) is 10.6 Å². The highest BCUT2D eigenvalue weighted by Gasteiger charge is 2.11. The SMILES string of the molecule is CC(=O)Oc1ccccc1C(=O)O.CC(C)NCC(O)COc1ccc(COCCOC(C)C)cc1.CC(C)NCC(O)COc1ccc(COCCOC(C)C)cc1.O=C(O)/C=C/C(=O)O. The molecule has 0 aromatic heterocycles. The largest absolute Gasteiger partial charge is 0.491 e. The van der Waals surface area contributed by atoms with Crippen LogP contribution < -0.4 is 24.8 Å². The Morgan fingerprint density at radius 2 is 0.955 bits per heavy atom. The molecule has 0 saturated carbocycles. The topological polar surface area (TPSA) is 258 Å². The van der Waals surface area contributed by atoms with E-state index < -0.39 is 36.1 Å². The Morgan fingerprint density at radius 1 is 0.567 bits per heavy atom. The quantitative estimate of drug-likeness (QED) is 0.0198. The van der Waals surface area contributed by atoms with Gasteiger partial charge in [-0.3, -0.25) is 4.79 Å². The van der Waals surface area contributed by atoms with Crippen LogP contribution in [-0.2, 0) is 46.5 Å². The highest BCUT2D eigenvalue weighted by atomic mass is 16.5. The third kappa shape index (κ3) is 37.4. The molecule has 0 radical (unpaired) electrons. The predicted molar refractivity (Wildman–Crippen MR) is 253 cm³/mol. The summed E-state index contributed by atoms with van der Waals surface area (Å²) in [6.07, 6.45) is 0.565. The lowest BCUT2D eigenvalue weighted by Crippen LogP contribution is -2.35. The van der Waals surface area contributed by atoms with E-state index in [9.17, 15) is 29.4 Å². The second-order valence-electron chi connectivity index (χ2n) is 15.7. The molecule has 3 aromatic rings. The monoisotopic (exact) mass is 947 g/mol. The van der Waals surface area contributed by atoms with Gasteiger partial charge in [0.15, 0.2) is 0 Å². The third-order valence-corrected chi connectivity index (χ3v) is 7.89. The van der Waals surface area contributed by atoms with E-state index in [1.807, 2.05) is 104 Å². The summed E-state index contributed by atoms with van der Waals surface area (Å²) >= 11 is 0. The first-order chi connectivity index (χ1) is 31.7. The van der Waals surface area contributed by atoms with Crippen LogP contribution in [0.3, 0.4) is 0 Å². The number of carboxylic acids is 3. The van der Waals surface area contributed by atoms with Gasteiger partial charge in [0.1, 0.15) is 48.2 Å². The summed E-state index contributed by atoms with van der Waals surface area (Å²) in [5.74, 6) is -2.59. The molecule has 0 aliphatic heterocycles. The Kier molecular flexibility index (Phi) is 34.6. The van der Waals surface area contributed by atoms with Crippen molar-refractivity contribution in [3.63, 3.8) is 0 Å². The fraction of sp³-hybridized carbons (Fsp3) is 0.510. The molecular weight excluding hydrogens is 873 g/mol. The van der Waals surface area contributed by atoms with E-state index in [2.05, 4.69) is 15.4 Å². The molecule has 67 heavy (non-hydrogen) atoms. The lowest BCUT2D eigenvalue weighted by Gasteiger charge is -2.15. The van der Waals surface area contributed by atoms with Crippen LogP contribution in [0.1, 0.15) is 83.8 Å². The number of para-hydroxylation sites is 1. The average Bonchev–Trinajstić information content (AvgIpc) is 3.26. The summed E-state index contributed by atoms with van der Waals surface area (Å²) < 4.78 is 37.8. The molecule has 3 rings (SSSR count). The van der Waals surface area contributed by atoms with Crippen LogP contribution in [0.15, 0.2) is 84.9 Å².